The van der Waals surface area contributed by atoms with Crippen molar-refractivity contribution in [1.29, 1.82) is 0 Å². The van der Waals surface area contributed by atoms with E-state index in [1.807, 2.05) is 30.3 Å². The van der Waals surface area contributed by atoms with Crippen molar-refractivity contribution in [3.8, 4) is 5.75 Å². The first-order chi connectivity index (χ1) is 12.2. The fraction of sp³-hybridized carbons (Fsp3) is 0.350. The van der Waals surface area contributed by atoms with Crippen LogP contribution in [0.4, 0.5) is 0 Å². The van der Waals surface area contributed by atoms with E-state index in [0.29, 0.717) is 17.9 Å². The highest BCUT2D eigenvalue weighted by Crippen LogP contribution is 2.27. The second-order valence-corrected chi connectivity index (χ2v) is 6.66. The molecule has 2 aromatic rings. The van der Waals surface area contributed by atoms with Gasteiger partial charge in [-0.15, -0.1) is 0 Å². The van der Waals surface area contributed by atoms with E-state index >= 15 is 0 Å². The molecule has 0 aromatic heterocycles. The van der Waals surface area contributed by atoms with E-state index in [1.165, 1.54) is 12.8 Å². The Morgan fingerprint density at radius 2 is 1.96 bits per heavy atom. The number of nitrogens with one attached hydrogen (secondary N) is 1. The van der Waals surface area contributed by atoms with E-state index in [9.17, 15) is 4.79 Å². The monoisotopic (exact) mass is 358 g/mol. The Morgan fingerprint density at radius 3 is 2.68 bits per heavy atom. The predicted octanol–water partition coefficient (Wildman–Crippen LogP) is 3.92. The number of benzene rings is 2. The normalized spacial score (nSPS) is 15.8. The average Bonchev–Trinajstić information content (AvgIpc) is 3.16. The molecule has 0 bridgehead atoms. The maximum Gasteiger partial charge on any atom is 0.255 e. The Labute approximate surface area is 153 Å². The standard InChI is InChI=1S/C20H23ClN2O2/c1-25-19-10-3-2-9-17(19)20(24)22-14-18(23-11-4-5-12-23)15-7-6-8-16(21)13-15/h2-3,6-10,13,18H,4-5,11-12,14H2,1H3,(H,22,24). The van der Waals surface area contributed by atoms with Gasteiger partial charge in [0, 0.05) is 11.6 Å². The first kappa shape index (κ1) is 17.8. The Bertz CT molecular complexity index is 729. The van der Waals surface area contributed by atoms with E-state index in [2.05, 4.69) is 16.3 Å². The third-order valence-electron chi connectivity index (χ3n) is 4.62. The fourth-order valence-corrected chi connectivity index (χ4v) is 3.54. The highest BCUT2D eigenvalue weighted by atomic mass is 35.5. The number of carbonyl (C=O) groups is 1. The van der Waals surface area contributed by atoms with Crippen LogP contribution in [-0.4, -0.2) is 37.6 Å². The third kappa shape index (κ3) is 4.33. The molecule has 1 fully saturated rings. The number of carbonyl (C=O) groups excluding carboxylic acids is 1. The first-order valence-electron chi connectivity index (χ1n) is 8.60. The van der Waals surface area contributed by atoms with Crippen LogP contribution in [0.5, 0.6) is 5.75 Å². The number of rotatable bonds is 6. The zero-order valence-corrected chi connectivity index (χ0v) is 15.1. The van der Waals surface area contributed by atoms with Crippen LogP contribution in [0.15, 0.2) is 48.5 Å². The lowest BCUT2D eigenvalue weighted by Crippen LogP contribution is -2.36. The molecule has 0 aliphatic carbocycles. The molecular formula is C20H23ClN2O2. The second kappa shape index (κ2) is 8.37. The van der Waals surface area contributed by atoms with E-state index in [1.54, 1.807) is 19.2 Å². The number of methoxy groups -OCH3 is 1. The molecule has 25 heavy (non-hydrogen) atoms. The van der Waals surface area contributed by atoms with Gasteiger partial charge in [-0.1, -0.05) is 35.9 Å². The summed E-state index contributed by atoms with van der Waals surface area (Å²) in [6, 6.07) is 15.3. The van der Waals surface area contributed by atoms with Crippen LogP contribution < -0.4 is 10.1 Å². The molecule has 2 aromatic carbocycles. The van der Waals surface area contributed by atoms with Gasteiger partial charge in [0.1, 0.15) is 5.75 Å². The Kier molecular flexibility index (Phi) is 5.95. The van der Waals surface area contributed by atoms with Crippen molar-refractivity contribution >= 4 is 17.5 Å². The zero-order valence-electron chi connectivity index (χ0n) is 14.4. The minimum Gasteiger partial charge on any atom is -0.496 e. The summed E-state index contributed by atoms with van der Waals surface area (Å²) >= 11 is 6.17. The number of nitrogens with zero attached hydrogens (tertiary/aromatic N) is 1. The molecule has 132 valence electrons. The number of halogens is 1. The first-order valence-corrected chi connectivity index (χ1v) is 8.97. The quantitative estimate of drug-likeness (QED) is 0.851. The third-order valence-corrected chi connectivity index (χ3v) is 4.86. The van der Waals surface area contributed by atoms with Gasteiger partial charge in [-0.25, -0.2) is 0 Å². The maximum absolute atomic E-state index is 12.6. The molecule has 1 atom stereocenters. The summed E-state index contributed by atoms with van der Waals surface area (Å²) in [7, 11) is 1.57. The van der Waals surface area contributed by atoms with Gasteiger partial charge in [0.2, 0.25) is 0 Å². The minimum atomic E-state index is -0.122. The Morgan fingerprint density at radius 1 is 1.20 bits per heavy atom. The van der Waals surface area contributed by atoms with Gasteiger partial charge in [-0.2, -0.15) is 0 Å². The molecule has 1 aliphatic rings. The number of hydrogen-bond donors (Lipinski definition) is 1. The van der Waals surface area contributed by atoms with Crippen LogP contribution in [0.3, 0.4) is 0 Å². The molecule has 1 saturated heterocycles. The number of ether oxygens (including phenoxy) is 1. The summed E-state index contributed by atoms with van der Waals surface area (Å²) in [5.41, 5.74) is 1.69. The van der Waals surface area contributed by atoms with Crippen LogP contribution in [0.1, 0.15) is 34.8 Å². The molecule has 0 spiro atoms. The molecule has 1 heterocycles. The van der Waals surface area contributed by atoms with Gasteiger partial charge in [0.25, 0.3) is 5.91 Å². The van der Waals surface area contributed by atoms with Crippen molar-refractivity contribution in [2.24, 2.45) is 0 Å². The fourth-order valence-electron chi connectivity index (χ4n) is 3.34. The lowest BCUT2D eigenvalue weighted by Gasteiger charge is -2.28. The van der Waals surface area contributed by atoms with Gasteiger partial charge in [-0.3, -0.25) is 9.69 Å². The van der Waals surface area contributed by atoms with E-state index < -0.39 is 0 Å². The van der Waals surface area contributed by atoms with Crippen LogP contribution in [-0.2, 0) is 0 Å². The minimum absolute atomic E-state index is 0.122. The summed E-state index contributed by atoms with van der Waals surface area (Å²) in [6.07, 6.45) is 2.38. The summed E-state index contributed by atoms with van der Waals surface area (Å²) in [4.78, 5) is 15.0. The number of amides is 1. The van der Waals surface area contributed by atoms with Crippen molar-refractivity contribution in [3.63, 3.8) is 0 Å². The van der Waals surface area contributed by atoms with Crippen LogP contribution >= 0.6 is 11.6 Å². The van der Waals surface area contributed by atoms with E-state index in [-0.39, 0.29) is 11.9 Å². The molecule has 1 unspecified atom stereocenters. The maximum atomic E-state index is 12.6. The molecule has 3 rings (SSSR count). The SMILES string of the molecule is COc1ccccc1C(=O)NCC(c1cccc(Cl)c1)N1CCCC1. The molecule has 1 aliphatic heterocycles. The Balaban J connectivity index is 1.75. The summed E-state index contributed by atoms with van der Waals surface area (Å²) in [6.45, 7) is 2.63. The lowest BCUT2D eigenvalue weighted by molar-refractivity contribution is 0.0935. The Hall–Kier alpha value is -2.04. The zero-order chi connectivity index (χ0) is 17.6. The number of hydrogen-bond acceptors (Lipinski definition) is 3. The van der Waals surface area contributed by atoms with Gasteiger partial charge >= 0.3 is 0 Å². The number of para-hydroxylation sites is 1. The van der Waals surface area contributed by atoms with Gasteiger partial charge in [0.15, 0.2) is 0 Å². The molecule has 1 amide bonds. The average molecular weight is 359 g/mol. The van der Waals surface area contributed by atoms with Crippen molar-refractivity contribution in [2.75, 3.05) is 26.7 Å². The molecule has 0 saturated carbocycles. The topological polar surface area (TPSA) is 41.6 Å². The molecule has 4 nitrogen and oxygen atoms in total. The van der Waals surface area contributed by atoms with Gasteiger partial charge < -0.3 is 10.1 Å². The summed E-state index contributed by atoms with van der Waals surface area (Å²) in [5.74, 6) is 0.462. The van der Waals surface area contributed by atoms with E-state index in [4.69, 9.17) is 16.3 Å². The summed E-state index contributed by atoms with van der Waals surface area (Å²) < 4.78 is 5.28. The van der Waals surface area contributed by atoms with E-state index in [0.717, 1.165) is 23.7 Å². The van der Waals surface area contributed by atoms with Crippen molar-refractivity contribution in [3.05, 3.63) is 64.7 Å². The van der Waals surface area contributed by atoms with Crippen molar-refractivity contribution in [1.82, 2.24) is 10.2 Å². The highest BCUT2D eigenvalue weighted by molar-refractivity contribution is 6.30. The van der Waals surface area contributed by atoms with Gasteiger partial charge in [0.05, 0.1) is 18.7 Å². The van der Waals surface area contributed by atoms with Gasteiger partial charge in [-0.05, 0) is 55.8 Å². The van der Waals surface area contributed by atoms with Crippen LogP contribution in [0, 0.1) is 0 Å². The largest absolute Gasteiger partial charge is 0.496 e. The van der Waals surface area contributed by atoms with Crippen LogP contribution in [0.25, 0.3) is 0 Å². The van der Waals surface area contributed by atoms with Crippen LogP contribution in [0.2, 0.25) is 5.02 Å². The second-order valence-electron chi connectivity index (χ2n) is 6.22. The number of likely N-dealkylation sites (tertiary alicyclic amines) is 1. The smallest absolute Gasteiger partial charge is 0.255 e. The predicted molar refractivity (Wildman–Crippen MR) is 100 cm³/mol. The summed E-state index contributed by atoms with van der Waals surface area (Å²) in [5, 5.41) is 3.79. The van der Waals surface area contributed by atoms with Crippen molar-refractivity contribution in [2.45, 2.75) is 18.9 Å². The molecule has 5 heteroatoms. The molecule has 0 radical (unpaired) electrons. The van der Waals surface area contributed by atoms with Crippen molar-refractivity contribution < 1.29 is 9.53 Å². The lowest BCUT2D eigenvalue weighted by atomic mass is 10.1. The molecule has 1 N–H and O–H groups in total. The molecular weight excluding hydrogens is 336 g/mol. The highest BCUT2D eigenvalue weighted by Gasteiger charge is 2.24.